The van der Waals surface area contributed by atoms with E-state index >= 15 is 0 Å². The number of halogens is 1. The predicted molar refractivity (Wildman–Crippen MR) is 99.8 cm³/mol. The maximum Gasteiger partial charge on any atom is 0.261 e. The molecule has 0 aliphatic carbocycles. The van der Waals surface area contributed by atoms with E-state index in [1.807, 2.05) is 0 Å². The Hall–Kier alpha value is -3.31. The second kappa shape index (κ2) is 6.78. The van der Waals surface area contributed by atoms with E-state index < -0.39 is 5.91 Å². The van der Waals surface area contributed by atoms with Crippen LogP contribution in [0.25, 0.3) is 0 Å². The van der Waals surface area contributed by atoms with Crippen LogP contribution >= 0.6 is 11.6 Å². The molecule has 0 spiro atoms. The molecule has 0 unspecified atom stereocenters. The molecule has 0 fully saturated rings. The van der Waals surface area contributed by atoms with Crippen LogP contribution in [0.4, 0.5) is 0 Å². The molecule has 0 N–H and O–H groups in total. The fourth-order valence-corrected chi connectivity index (χ4v) is 3.14. The van der Waals surface area contributed by atoms with Crippen molar-refractivity contribution in [3.05, 3.63) is 99.8 Å². The van der Waals surface area contributed by atoms with Crippen LogP contribution in [-0.2, 0) is 6.54 Å². The van der Waals surface area contributed by atoms with Crippen molar-refractivity contribution in [2.24, 2.45) is 0 Å². The molecular formula is C21H13ClN2O3. The van der Waals surface area contributed by atoms with Crippen LogP contribution in [0.15, 0.2) is 67.0 Å². The van der Waals surface area contributed by atoms with Crippen molar-refractivity contribution in [3.63, 3.8) is 0 Å². The first-order chi connectivity index (χ1) is 13.0. The molecule has 0 bridgehead atoms. The van der Waals surface area contributed by atoms with Crippen LogP contribution in [0.3, 0.4) is 0 Å². The Morgan fingerprint density at radius 3 is 2.33 bits per heavy atom. The van der Waals surface area contributed by atoms with Crippen LogP contribution in [-0.4, -0.2) is 27.5 Å². The summed E-state index contributed by atoms with van der Waals surface area (Å²) in [5, 5.41) is 0.535. The van der Waals surface area contributed by atoms with Gasteiger partial charge in [0.2, 0.25) is 0 Å². The summed E-state index contributed by atoms with van der Waals surface area (Å²) < 4.78 is 0. The number of aromatic nitrogens is 1. The maximum atomic E-state index is 12.7. The molecule has 132 valence electrons. The third kappa shape index (κ3) is 3.13. The summed E-state index contributed by atoms with van der Waals surface area (Å²) in [7, 11) is 0. The average molecular weight is 377 g/mol. The summed E-state index contributed by atoms with van der Waals surface area (Å²) in [5.41, 5.74) is 2.11. The van der Waals surface area contributed by atoms with Crippen LogP contribution < -0.4 is 0 Å². The maximum absolute atomic E-state index is 12.7. The number of amides is 2. The van der Waals surface area contributed by atoms with Crippen molar-refractivity contribution in [2.45, 2.75) is 6.54 Å². The Morgan fingerprint density at radius 1 is 0.926 bits per heavy atom. The van der Waals surface area contributed by atoms with E-state index in [2.05, 4.69) is 4.98 Å². The highest BCUT2D eigenvalue weighted by molar-refractivity contribution is 6.30. The zero-order valence-electron chi connectivity index (χ0n) is 14.1. The molecule has 2 heterocycles. The van der Waals surface area contributed by atoms with Gasteiger partial charge in [-0.1, -0.05) is 23.7 Å². The van der Waals surface area contributed by atoms with E-state index in [-0.39, 0.29) is 23.8 Å². The van der Waals surface area contributed by atoms with E-state index in [1.54, 1.807) is 54.9 Å². The van der Waals surface area contributed by atoms with E-state index in [0.717, 1.165) is 10.5 Å². The lowest BCUT2D eigenvalue weighted by Crippen LogP contribution is -2.29. The van der Waals surface area contributed by atoms with Gasteiger partial charge in [-0.05, 0) is 48.0 Å². The summed E-state index contributed by atoms with van der Waals surface area (Å²) in [6.07, 6.45) is 3.24. The first kappa shape index (κ1) is 17.1. The summed E-state index contributed by atoms with van der Waals surface area (Å²) in [6, 6.07) is 14.6. The van der Waals surface area contributed by atoms with Crippen LogP contribution in [0.5, 0.6) is 0 Å². The molecule has 2 amide bonds. The van der Waals surface area contributed by atoms with Crippen molar-refractivity contribution >= 4 is 29.2 Å². The number of carbonyl (C=O) groups is 3. The number of hydrogen-bond acceptors (Lipinski definition) is 4. The number of carbonyl (C=O) groups excluding carboxylic acids is 3. The molecule has 0 radical (unpaired) electrons. The normalized spacial score (nSPS) is 13.0. The van der Waals surface area contributed by atoms with Gasteiger partial charge in [-0.15, -0.1) is 0 Å². The SMILES string of the molecule is O=C(c1ccc(Cl)cc1)c1ccc2c(c1)C(=O)N(Cc1cccnc1)C2=O. The lowest BCUT2D eigenvalue weighted by Gasteiger charge is -2.13. The van der Waals surface area contributed by atoms with Crippen molar-refractivity contribution in [1.82, 2.24) is 9.88 Å². The Balaban J connectivity index is 1.64. The van der Waals surface area contributed by atoms with Gasteiger partial charge >= 0.3 is 0 Å². The molecule has 2 aromatic carbocycles. The van der Waals surface area contributed by atoms with Gasteiger partial charge < -0.3 is 0 Å². The standard InChI is InChI=1S/C21H13ClN2O3/c22-16-6-3-14(4-7-16)19(25)15-5-8-17-18(10-15)21(27)24(20(17)26)12-13-2-1-9-23-11-13/h1-11H,12H2. The van der Waals surface area contributed by atoms with Crippen molar-refractivity contribution in [3.8, 4) is 0 Å². The minimum absolute atomic E-state index is 0.140. The van der Waals surface area contributed by atoms with Gasteiger partial charge in [0, 0.05) is 28.5 Å². The van der Waals surface area contributed by atoms with E-state index in [0.29, 0.717) is 21.7 Å². The summed E-state index contributed by atoms with van der Waals surface area (Å²) in [5.74, 6) is -1.02. The zero-order valence-corrected chi connectivity index (χ0v) is 14.8. The number of nitrogens with zero attached hydrogens (tertiary/aromatic N) is 2. The predicted octanol–water partition coefficient (Wildman–Crippen LogP) is 3.76. The Morgan fingerprint density at radius 2 is 1.63 bits per heavy atom. The second-order valence-electron chi connectivity index (χ2n) is 6.15. The molecule has 0 atom stereocenters. The largest absolute Gasteiger partial charge is 0.289 e. The van der Waals surface area contributed by atoms with Gasteiger partial charge in [-0.2, -0.15) is 0 Å². The molecule has 0 saturated carbocycles. The molecular weight excluding hydrogens is 364 g/mol. The number of hydrogen-bond donors (Lipinski definition) is 0. The third-order valence-electron chi connectivity index (χ3n) is 4.40. The molecule has 1 aromatic heterocycles. The van der Waals surface area contributed by atoms with Crippen LogP contribution in [0.2, 0.25) is 5.02 Å². The highest BCUT2D eigenvalue weighted by Crippen LogP contribution is 2.26. The van der Waals surface area contributed by atoms with E-state index in [1.165, 1.54) is 12.1 Å². The van der Waals surface area contributed by atoms with Gasteiger partial charge in [0.05, 0.1) is 17.7 Å². The first-order valence-corrected chi connectivity index (χ1v) is 8.62. The van der Waals surface area contributed by atoms with Gasteiger partial charge in [-0.25, -0.2) is 0 Å². The Labute approximate surface area is 160 Å². The van der Waals surface area contributed by atoms with Gasteiger partial charge in [0.25, 0.3) is 11.8 Å². The highest BCUT2D eigenvalue weighted by atomic mass is 35.5. The zero-order chi connectivity index (χ0) is 19.0. The molecule has 0 saturated heterocycles. The summed E-state index contributed by atoms with van der Waals surface area (Å²) in [4.78, 5) is 43.1. The number of ketones is 1. The van der Waals surface area contributed by atoms with Crippen LogP contribution in [0.1, 0.15) is 42.2 Å². The smallest absolute Gasteiger partial charge is 0.261 e. The molecule has 4 rings (SSSR count). The Kier molecular flexibility index (Phi) is 4.30. The lowest BCUT2D eigenvalue weighted by atomic mass is 9.99. The van der Waals surface area contributed by atoms with Crippen molar-refractivity contribution in [1.29, 1.82) is 0 Å². The minimum atomic E-state index is -0.412. The lowest BCUT2D eigenvalue weighted by molar-refractivity contribution is 0.0642. The third-order valence-corrected chi connectivity index (χ3v) is 4.65. The van der Waals surface area contributed by atoms with Gasteiger partial charge in [-0.3, -0.25) is 24.3 Å². The molecule has 6 heteroatoms. The average Bonchev–Trinajstić information content (AvgIpc) is 2.93. The number of imide groups is 1. The van der Waals surface area contributed by atoms with E-state index in [9.17, 15) is 14.4 Å². The van der Waals surface area contributed by atoms with Crippen molar-refractivity contribution in [2.75, 3.05) is 0 Å². The fourth-order valence-electron chi connectivity index (χ4n) is 3.02. The minimum Gasteiger partial charge on any atom is -0.289 e. The number of rotatable bonds is 4. The molecule has 3 aromatic rings. The molecule has 5 nitrogen and oxygen atoms in total. The quantitative estimate of drug-likeness (QED) is 0.513. The number of benzene rings is 2. The van der Waals surface area contributed by atoms with Gasteiger partial charge in [0.15, 0.2) is 5.78 Å². The number of fused-ring (bicyclic) bond motifs is 1. The van der Waals surface area contributed by atoms with Crippen molar-refractivity contribution < 1.29 is 14.4 Å². The number of pyridine rings is 1. The highest BCUT2D eigenvalue weighted by Gasteiger charge is 2.36. The van der Waals surface area contributed by atoms with Crippen LogP contribution in [0, 0.1) is 0 Å². The first-order valence-electron chi connectivity index (χ1n) is 8.24. The summed E-state index contributed by atoms with van der Waals surface area (Å²) in [6.45, 7) is 0.140. The molecule has 1 aliphatic heterocycles. The topological polar surface area (TPSA) is 67.3 Å². The summed E-state index contributed by atoms with van der Waals surface area (Å²) >= 11 is 5.85. The molecule has 27 heavy (non-hydrogen) atoms. The second-order valence-corrected chi connectivity index (χ2v) is 6.59. The fraction of sp³-hybridized carbons (Fsp3) is 0.0476. The molecule has 1 aliphatic rings. The van der Waals surface area contributed by atoms with E-state index in [4.69, 9.17) is 11.6 Å². The monoisotopic (exact) mass is 376 g/mol. The Bertz CT molecular complexity index is 1060. The van der Waals surface area contributed by atoms with Gasteiger partial charge in [0.1, 0.15) is 0 Å².